The third-order valence-corrected chi connectivity index (χ3v) is 10.3. The van der Waals surface area contributed by atoms with Crippen LogP contribution in [0.1, 0.15) is 67.7 Å². The Morgan fingerprint density at radius 3 is 2.23 bits per heavy atom. The van der Waals surface area contributed by atoms with E-state index in [0.717, 1.165) is 43.2 Å². The molecule has 0 radical (unpaired) electrons. The molecule has 43 heavy (non-hydrogen) atoms. The van der Waals surface area contributed by atoms with E-state index >= 15 is 0 Å². The van der Waals surface area contributed by atoms with Gasteiger partial charge in [-0.05, 0) is 81.0 Å². The number of rotatable bonds is 11. The van der Waals surface area contributed by atoms with Crippen molar-refractivity contribution < 1.29 is 18.0 Å². The highest BCUT2D eigenvalue weighted by Crippen LogP contribution is 2.29. The van der Waals surface area contributed by atoms with Crippen LogP contribution in [-0.4, -0.2) is 43.8 Å². The van der Waals surface area contributed by atoms with Gasteiger partial charge in [0.15, 0.2) is 0 Å². The van der Waals surface area contributed by atoms with Crippen molar-refractivity contribution in [1.82, 2.24) is 10.2 Å². The van der Waals surface area contributed by atoms with Crippen molar-refractivity contribution in [3.63, 3.8) is 0 Å². The minimum Gasteiger partial charge on any atom is -0.352 e. The van der Waals surface area contributed by atoms with Gasteiger partial charge in [-0.2, -0.15) is 0 Å². The lowest BCUT2D eigenvalue weighted by atomic mass is 9.95. The fraction of sp³-hybridized carbons (Fsp3) is 0.412. The molecule has 1 atom stereocenters. The zero-order valence-electron chi connectivity index (χ0n) is 25.5. The fourth-order valence-electron chi connectivity index (χ4n) is 5.61. The molecule has 3 aromatic carbocycles. The molecule has 9 heteroatoms. The van der Waals surface area contributed by atoms with Gasteiger partial charge in [-0.15, -0.1) is 0 Å². The summed E-state index contributed by atoms with van der Waals surface area (Å²) in [5, 5.41) is 3.64. The van der Waals surface area contributed by atoms with E-state index in [-0.39, 0.29) is 23.4 Å². The molecular weight excluding hydrogens is 582 g/mol. The molecule has 0 unspecified atom stereocenters. The Labute approximate surface area is 261 Å². The number of nitrogens with zero attached hydrogens (tertiary/aromatic N) is 2. The number of sulfonamides is 1. The average molecular weight is 624 g/mol. The van der Waals surface area contributed by atoms with Crippen molar-refractivity contribution in [2.75, 3.05) is 10.8 Å². The lowest BCUT2D eigenvalue weighted by Gasteiger charge is -2.35. The molecule has 7 nitrogen and oxygen atoms in total. The molecule has 0 spiro atoms. The minimum absolute atomic E-state index is 0.0698. The summed E-state index contributed by atoms with van der Waals surface area (Å²) in [6.45, 7) is 7.05. The van der Waals surface area contributed by atoms with Gasteiger partial charge in [-0.3, -0.25) is 13.9 Å². The minimum atomic E-state index is -4.14. The lowest BCUT2D eigenvalue weighted by molar-refractivity contribution is -0.140. The van der Waals surface area contributed by atoms with Gasteiger partial charge in [-0.1, -0.05) is 85.8 Å². The van der Waals surface area contributed by atoms with Gasteiger partial charge in [0.1, 0.15) is 12.6 Å². The van der Waals surface area contributed by atoms with Crippen molar-refractivity contribution in [2.24, 2.45) is 0 Å². The maximum absolute atomic E-state index is 14.4. The molecule has 1 fully saturated rings. The lowest BCUT2D eigenvalue weighted by Crippen LogP contribution is -2.54. The van der Waals surface area contributed by atoms with Crippen molar-refractivity contribution in [3.05, 3.63) is 94.0 Å². The van der Waals surface area contributed by atoms with Gasteiger partial charge in [0, 0.05) is 17.6 Å². The van der Waals surface area contributed by atoms with Gasteiger partial charge in [0.25, 0.3) is 10.0 Å². The zero-order valence-corrected chi connectivity index (χ0v) is 27.0. The Morgan fingerprint density at radius 1 is 0.930 bits per heavy atom. The first kappa shape index (κ1) is 32.6. The topological polar surface area (TPSA) is 86.8 Å². The van der Waals surface area contributed by atoms with Crippen molar-refractivity contribution in [2.45, 2.75) is 89.7 Å². The number of anilines is 1. The number of benzene rings is 3. The number of amides is 2. The second-order valence-electron chi connectivity index (χ2n) is 11.5. The zero-order chi connectivity index (χ0) is 31.1. The third-order valence-electron chi connectivity index (χ3n) is 8.16. The van der Waals surface area contributed by atoms with Gasteiger partial charge >= 0.3 is 0 Å². The summed E-state index contributed by atoms with van der Waals surface area (Å²) in [7, 11) is -4.14. The molecular formula is C34H42ClN3O4S. The number of halogens is 1. The second-order valence-corrected chi connectivity index (χ2v) is 13.8. The molecule has 0 saturated heterocycles. The van der Waals surface area contributed by atoms with Crippen LogP contribution >= 0.6 is 11.6 Å². The summed E-state index contributed by atoms with van der Waals surface area (Å²) in [5.41, 5.74) is 3.61. The smallest absolute Gasteiger partial charge is 0.264 e. The second kappa shape index (κ2) is 14.4. The number of hydrogen-bond donors (Lipinski definition) is 1. The van der Waals surface area contributed by atoms with Crippen LogP contribution in [0.3, 0.4) is 0 Å². The number of carbonyl (C=O) groups is 2. The van der Waals surface area contributed by atoms with Crippen molar-refractivity contribution in [3.8, 4) is 0 Å². The largest absolute Gasteiger partial charge is 0.352 e. The predicted octanol–water partition coefficient (Wildman–Crippen LogP) is 6.72. The van der Waals surface area contributed by atoms with E-state index in [4.69, 9.17) is 11.6 Å². The van der Waals surface area contributed by atoms with Gasteiger partial charge in [0.2, 0.25) is 11.8 Å². The predicted molar refractivity (Wildman–Crippen MR) is 173 cm³/mol. The maximum atomic E-state index is 14.4. The Morgan fingerprint density at radius 2 is 1.58 bits per heavy atom. The van der Waals surface area contributed by atoms with Crippen LogP contribution in [0.4, 0.5) is 5.69 Å². The van der Waals surface area contributed by atoms with E-state index < -0.39 is 28.5 Å². The standard InChI is InChI=1S/C34H42ClN3O4S/c1-5-31(34(40)36-28-12-7-6-8-13-28)37(22-27-11-9-10-14-30(27)35)33(39)23-38(32-21-25(3)15-18-26(32)4)43(41,42)29-19-16-24(2)17-20-29/h9-11,14-21,28,31H,5-8,12-13,22-23H2,1-4H3,(H,36,40)/t31-/m0/s1. The summed E-state index contributed by atoms with van der Waals surface area (Å²) in [4.78, 5) is 29.6. The highest BCUT2D eigenvalue weighted by atomic mass is 35.5. The first-order valence-electron chi connectivity index (χ1n) is 15.0. The molecule has 230 valence electrons. The van der Waals surface area contributed by atoms with Crippen molar-refractivity contribution in [1.29, 1.82) is 0 Å². The van der Waals surface area contributed by atoms with Gasteiger partial charge in [0.05, 0.1) is 10.6 Å². The number of nitrogens with one attached hydrogen (secondary N) is 1. The van der Waals surface area contributed by atoms with Crippen LogP contribution in [0.25, 0.3) is 0 Å². The van der Waals surface area contributed by atoms with E-state index in [1.54, 1.807) is 36.4 Å². The molecule has 1 saturated carbocycles. The fourth-order valence-corrected chi connectivity index (χ4v) is 7.28. The van der Waals surface area contributed by atoms with Crippen LogP contribution in [0.15, 0.2) is 71.6 Å². The van der Waals surface area contributed by atoms with E-state index in [0.29, 0.717) is 28.3 Å². The first-order valence-corrected chi connectivity index (χ1v) is 16.8. The molecule has 0 heterocycles. The maximum Gasteiger partial charge on any atom is 0.264 e. The van der Waals surface area contributed by atoms with Crippen molar-refractivity contribution >= 4 is 39.1 Å². The van der Waals surface area contributed by atoms with Crippen LogP contribution in [-0.2, 0) is 26.2 Å². The summed E-state index contributed by atoms with van der Waals surface area (Å²) in [6.07, 6.45) is 5.47. The Hall–Kier alpha value is -3.36. The number of carbonyl (C=O) groups excluding carboxylic acids is 2. The highest BCUT2D eigenvalue weighted by molar-refractivity contribution is 7.92. The first-order chi connectivity index (χ1) is 20.5. The Balaban J connectivity index is 1.74. The monoisotopic (exact) mass is 623 g/mol. The van der Waals surface area contributed by atoms with Crippen LogP contribution < -0.4 is 9.62 Å². The normalized spacial score (nSPS) is 14.6. The van der Waals surface area contributed by atoms with Crippen LogP contribution in [0, 0.1) is 20.8 Å². The summed E-state index contributed by atoms with van der Waals surface area (Å²) >= 11 is 6.52. The molecule has 0 bridgehead atoms. The average Bonchev–Trinajstić information content (AvgIpc) is 2.98. The van der Waals surface area contributed by atoms with E-state index in [1.807, 2.05) is 58.0 Å². The van der Waals surface area contributed by atoms with E-state index in [2.05, 4.69) is 5.32 Å². The highest BCUT2D eigenvalue weighted by Gasteiger charge is 2.35. The number of hydrogen-bond acceptors (Lipinski definition) is 4. The third kappa shape index (κ3) is 7.98. The SMILES string of the molecule is CC[C@@H](C(=O)NC1CCCCC1)N(Cc1ccccc1Cl)C(=O)CN(c1cc(C)ccc1C)S(=O)(=O)c1ccc(C)cc1. The van der Waals surface area contributed by atoms with Crippen LogP contribution in [0.2, 0.25) is 5.02 Å². The van der Waals surface area contributed by atoms with E-state index in [9.17, 15) is 18.0 Å². The molecule has 1 aliphatic rings. The Bertz CT molecular complexity index is 1540. The molecule has 1 N–H and O–H groups in total. The van der Waals surface area contributed by atoms with Gasteiger partial charge < -0.3 is 10.2 Å². The van der Waals surface area contributed by atoms with Crippen LogP contribution in [0.5, 0.6) is 0 Å². The summed E-state index contributed by atoms with van der Waals surface area (Å²) in [6, 6.07) is 18.6. The summed E-state index contributed by atoms with van der Waals surface area (Å²) in [5.74, 6) is -0.711. The molecule has 1 aliphatic carbocycles. The molecule has 2 amide bonds. The molecule has 0 aliphatic heterocycles. The van der Waals surface area contributed by atoms with E-state index in [1.165, 1.54) is 9.21 Å². The number of aryl methyl sites for hydroxylation is 3. The quantitative estimate of drug-likeness (QED) is 0.257. The summed E-state index contributed by atoms with van der Waals surface area (Å²) < 4.78 is 29.5. The van der Waals surface area contributed by atoms with Gasteiger partial charge in [-0.25, -0.2) is 8.42 Å². The molecule has 0 aromatic heterocycles. The molecule has 4 rings (SSSR count). The Kier molecular flexibility index (Phi) is 10.9. The molecule has 3 aromatic rings.